The standard InChI is InChI=1S/C17H28N2O/c1-14(7-5-6-12-18)10-11-16(17(19)20)13-15-8-3-2-4-9-15/h2-4,8-9,14,16H,5-7,10-13,18H2,1H3,(H2,19,20). The lowest BCUT2D eigenvalue weighted by Crippen LogP contribution is -2.25. The van der Waals surface area contributed by atoms with E-state index in [0.29, 0.717) is 5.92 Å². The molecule has 2 atom stereocenters. The van der Waals surface area contributed by atoms with Gasteiger partial charge in [-0.2, -0.15) is 0 Å². The van der Waals surface area contributed by atoms with E-state index in [-0.39, 0.29) is 11.8 Å². The monoisotopic (exact) mass is 276 g/mol. The SMILES string of the molecule is CC(CCCCN)CCC(Cc1ccccc1)C(N)=O. The first-order valence-electron chi connectivity index (χ1n) is 7.66. The van der Waals surface area contributed by atoms with Crippen molar-refractivity contribution in [3.8, 4) is 0 Å². The van der Waals surface area contributed by atoms with E-state index in [1.165, 1.54) is 18.4 Å². The fraction of sp³-hybridized carbons (Fsp3) is 0.588. The summed E-state index contributed by atoms with van der Waals surface area (Å²) in [5, 5.41) is 0. The summed E-state index contributed by atoms with van der Waals surface area (Å²) in [6.45, 7) is 3.02. The van der Waals surface area contributed by atoms with E-state index in [1.807, 2.05) is 18.2 Å². The van der Waals surface area contributed by atoms with E-state index in [1.54, 1.807) is 0 Å². The van der Waals surface area contributed by atoms with Gasteiger partial charge < -0.3 is 11.5 Å². The molecule has 1 rings (SSSR count). The van der Waals surface area contributed by atoms with E-state index in [0.717, 1.165) is 32.2 Å². The van der Waals surface area contributed by atoms with Gasteiger partial charge in [-0.05, 0) is 43.7 Å². The molecule has 2 unspecified atom stereocenters. The molecule has 0 aliphatic carbocycles. The van der Waals surface area contributed by atoms with Crippen LogP contribution < -0.4 is 11.5 Å². The maximum absolute atomic E-state index is 11.6. The lowest BCUT2D eigenvalue weighted by molar-refractivity contribution is -0.122. The van der Waals surface area contributed by atoms with Crippen molar-refractivity contribution >= 4 is 5.91 Å². The summed E-state index contributed by atoms with van der Waals surface area (Å²) in [5.74, 6) is 0.413. The van der Waals surface area contributed by atoms with Crippen LogP contribution in [0.2, 0.25) is 0 Å². The fourth-order valence-corrected chi connectivity index (χ4v) is 2.51. The van der Waals surface area contributed by atoms with Crippen LogP contribution in [0.25, 0.3) is 0 Å². The largest absolute Gasteiger partial charge is 0.369 e. The number of primary amides is 1. The van der Waals surface area contributed by atoms with Crippen LogP contribution in [0.4, 0.5) is 0 Å². The van der Waals surface area contributed by atoms with Crippen LogP contribution in [0.3, 0.4) is 0 Å². The van der Waals surface area contributed by atoms with Gasteiger partial charge in [-0.3, -0.25) is 4.79 Å². The molecule has 0 fully saturated rings. The average Bonchev–Trinajstić information content (AvgIpc) is 2.44. The Morgan fingerprint density at radius 3 is 2.40 bits per heavy atom. The molecular formula is C17H28N2O. The second-order valence-corrected chi connectivity index (χ2v) is 5.76. The second kappa shape index (κ2) is 9.54. The molecule has 0 aliphatic rings. The summed E-state index contributed by atoms with van der Waals surface area (Å²) in [7, 11) is 0. The van der Waals surface area contributed by atoms with Crippen molar-refractivity contribution in [1.29, 1.82) is 0 Å². The summed E-state index contributed by atoms with van der Waals surface area (Å²) < 4.78 is 0. The highest BCUT2D eigenvalue weighted by molar-refractivity contribution is 5.76. The highest BCUT2D eigenvalue weighted by atomic mass is 16.1. The Labute approximate surface area is 122 Å². The normalized spacial score (nSPS) is 13.9. The maximum Gasteiger partial charge on any atom is 0.220 e. The van der Waals surface area contributed by atoms with Gasteiger partial charge in [0.1, 0.15) is 0 Å². The highest BCUT2D eigenvalue weighted by Gasteiger charge is 2.17. The fourth-order valence-electron chi connectivity index (χ4n) is 2.51. The minimum absolute atomic E-state index is 0.0469. The molecule has 0 aliphatic heterocycles. The predicted octanol–water partition coefficient (Wildman–Crippen LogP) is 2.88. The molecule has 112 valence electrons. The maximum atomic E-state index is 11.6. The number of carbonyl (C=O) groups is 1. The van der Waals surface area contributed by atoms with E-state index in [2.05, 4.69) is 19.1 Å². The molecule has 0 saturated heterocycles. The van der Waals surface area contributed by atoms with Gasteiger partial charge in [-0.1, -0.05) is 50.1 Å². The van der Waals surface area contributed by atoms with Gasteiger partial charge in [0.05, 0.1) is 0 Å². The Morgan fingerprint density at radius 1 is 1.10 bits per heavy atom. The third-order valence-electron chi connectivity index (χ3n) is 3.89. The Kier molecular flexibility index (Phi) is 7.97. The first-order chi connectivity index (χ1) is 9.63. The highest BCUT2D eigenvalue weighted by Crippen LogP contribution is 2.20. The summed E-state index contributed by atoms with van der Waals surface area (Å²) in [4.78, 5) is 11.6. The van der Waals surface area contributed by atoms with Crippen LogP contribution in [-0.4, -0.2) is 12.5 Å². The van der Waals surface area contributed by atoms with Gasteiger partial charge in [0, 0.05) is 5.92 Å². The van der Waals surface area contributed by atoms with Crippen molar-refractivity contribution in [2.45, 2.75) is 45.4 Å². The first kappa shape index (κ1) is 16.7. The van der Waals surface area contributed by atoms with Crippen LogP contribution in [0.5, 0.6) is 0 Å². The van der Waals surface area contributed by atoms with Gasteiger partial charge in [-0.15, -0.1) is 0 Å². The smallest absolute Gasteiger partial charge is 0.220 e. The zero-order chi connectivity index (χ0) is 14.8. The summed E-state index contributed by atoms with van der Waals surface area (Å²) in [6, 6.07) is 10.1. The van der Waals surface area contributed by atoms with Crippen molar-refractivity contribution in [1.82, 2.24) is 0 Å². The number of hydrogen-bond donors (Lipinski definition) is 2. The molecule has 3 nitrogen and oxygen atoms in total. The average molecular weight is 276 g/mol. The number of unbranched alkanes of at least 4 members (excludes halogenated alkanes) is 1. The van der Waals surface area contributed by atoms with Crippen molar-refractivity contribution in [2.24, 2.45) is 23.3 Å². The lowest BCUT2D eigenvalue weighted by Gasteiger charge is -2.16. The molecule has 0 bridgehead atoms. The molecule has 0 saturated carbocycles. The quantitative estimate of drug-likeness (QED) is 0.645. The summed E-state index contributed by atoms with van der Waals surface area (Å²) >= 11 is 0. The zero-order valence-electron chi connectivity index (χ0n) is 12.6. The minimum Gasteiger partial charge on any atom is -0.369 e. The van der Waals surface area contributed by atoms with Gasteiger partial charge in [0.25, 0.3) is 0 Å². The molecule has 0 radical (unpaired) electrons. The van der Waals surface area contributed by atoms with Crippen LogP contribution in [0.1, 0.15) is 44.6 Å². The predicted molar refractivity (Wildman–Crippen MR) is 84.1 cm³/mol. The molecule has 4 N–H and O–H groups in total. The second-order valence-electron chi connectivity index (χ2n) is 5.76. The van der Waals surface area contributed by atoms with E-state index >= 15 is 0 Å². The van der Waals surface area contributed by atoms with Crippen molar-refractivity contribution in [3.05, 3.63) is 35.9 Å². The number of rotatable bonds is 10. The van der Waals surface area contributed by atoms with Gasteiger partial charge in [-0.25, -0.2) is 0 Å². The minimum atomic E-state index is -0.178. The third-order valence-corrected chi connectivity index (χ3v) is 3.89. The molecule has 0 heterocycles. The molecule has 0 aromatic heterocycles. The van der Waals surface area contributed by atoms with E-state index in [4.69, 9.17) is 11.5 Å². The van der Waals surface area contributed by atoms with Crippen LogP contribution in [0, 0.1) is 11.8 Å². The number of nitrogens with two attached hydrogens (primary N) is 2. The van der Waals surface area contributed by atoms with Crippen molar-refractivity contribution in [3.63, 3.8) is 0 Å². The number of carbonyl (C=O) groups excluding carboxylic acids is 1. The molecule has 20 heavy (non-hydrogen) atoms. The Balaban J connectivity index is 2.38. The number of hydrogen-bond acceptors (Lipinski definition) is 2. The Bertz CT molecular complexity index is 378. The van der Waals surface area contributed by atoms with Crippen LogP contribution in [-0.2, 0) is 11.2 Å². The molecule has 1 amide bonds. The van der Waals surface area contributed by atoms with E-state index in [9.17, 15) is 4.79 Å². The molecular weight excluding hydrogens is 248 g/mol. The molecule has 1 aromatic rings. The zero-order valence-corrected chi connectivity index (χ0v) is 12.6. The molecule has 0 spiro atoms. The topological polar surface area (TPSA) is 69.1 Å². The Morgan fingerprint density at radius 2 is 1.80 bits per heavy atom. The number of amides is 1. The van der Waals surface area contributed by atoms with Gasteiger partial charge in [0.15, 0.2) is 0 Å². The Hall–Kier alpha value is -1.35. The van der Waals surface area contributed by atoms with E-state index < -0.39 is 0 Å². The molecule has 3 heteroatoms. The molecule has 1 aromatic carbocycles. The van der Waals surface area contributed by atoms with Gasteiger partial charge in [0.2, 0.25) is 5.91 Å². The van der Waals surface area contributed by atoms with Crippen LogP contribution >= 0.6 is 0 Å². The van der Waals surface area contributed by atoms with Crippen LogP contribution in [0.15, 0.2) is 30.3 Å². The summed E-state index contributed by atoms with van der Waals surface area (Å²) in [5.41, 5.74) is 12.2. The van der Waals surface area contributed by atoms with Gasteiger partial charge >= 0.3 is 0 Å². The summed E-state index contributed by atoms with van der Waals surface area (Å²) in [6.07, 6.45) is 6.16. The third kappa shape index (κ3) is 6.71. The van der Waals surface area contributed by atoms with Crippen molar-refractivity contribution in [2.75, 3.05) is 6.54 Å². The number of benzene rings is 1. The first-order valence-corrected chi connectivity index (χ1v) is 7.66. The lowest BCUT2D eigenvalue weighted by atomic mass is 9.89. The van der Waals surface area contributed by atoms with Crippen molar-refractivity contribution < 1.29 is 4.79 Å².